The van der Waals surface area contributed by atoms with E-state index in [9.17, 15) is 18.0 Å². The number of carbonyl (C=O) groups excluding carboxylic acids is 2. The number of hydrogen-bond acceptors (Lipinski definition) is 6. The molecule has 1 aliphatic rings. The van der Waals surface area contributed by atoms with Crippen LogP contribution in [0.1, 0.15) is 22.8 Å². The number of esters is 1. The Bertz CT molecular complexity index is 754. The minimum atomic E-state index is -3.76. The largest absolute Gasteiger partial charge is 0.465 e. The summed E-state index contributed by atoms with van der Waals surface area (Å²) in [6.45, 7) is 4.55. The second kappa shape index (κ2) is 7.83. The molecule has 0 saturated carbocycles. The number of ether oxygens (including phenoxy) is 2. The third-order valence-electron chi connectivity index (χ3n) is 4.02. The highest BCUT2D eigenvalue weighted by Crippen LogP contribution is 2.21. The van der Waals surface area contributed by atoms with Crippen LogP contribution < -0.4 is 0 Å². The highest BCUT2D eigenvalue weighted by Gasteiger charge is 2.31. The van der Waals surface area contributed by atoms with Gasteiger partial charge in [-0.2, -0.15) is 4.31 Å². The maximum atomic E-state index is 12.8. The van der Waals surface area contributed by atoms with E-state index in [2.05, 4.69) is 4.74 Å². The predicted molar refractivity (Wildman–Crippen MR) is 89.9 cm³/mol. The van der Waals surface area contributed by atoms with E-state index >= 15 is 0 Å². The lowest BCUT2D eigenvalue weighted by Crippen LogP contribution is -2.50. The minimum absolute atomic E-state index is 0.0306. The van der Waals surface area contributed by atoms with Crippen molar-refractivity contribution in [1.82, 2.24) is 9.21 Å². The van der Waals surface area contributed by atoms with Crippen LogP contribution in [-0.4, -0.2) is 69.6 Å². The first-order chi connectivity index (χ1) is 11.8. The molecule has 1 fully saturated rings. The predicted octanol–water partition coefficient (Wildman–Crippen LogP) is 1.24. The number of carbonyl (C=O) groups is 2. The van der Waals surface area contributed by atoms with Gasteiger partial charge in [0.2, 0.25) is 10.0 Å². The van der Waals surface area contributed by atoms with Gasteiger partial charge in [0.15, 0.2) is 0 Å². The molecule has 25 heavy (non-hydrogen) atoms. The van der Waals surface area contributed by atoms with Gasteiger partial charge in [-0.3, -0.25) is 0 Å². The molecule has 138 valence electrons. The normalized spacial score (nSPS) is 15.7. The lowest BCUT2D eigenvalue weighted by molar-refractivity contribution is 0.0599. The van der Waals surface area contributed by atoms with Crippen LogP contribution in [0.15, 0.2) is 23.1 Å². The molecule has 0 unspecified atom stereocenters. The van der Waals surface area contributed by atoms with Crippen LogP contribution in [0.4, 0.5) is 4.79 Å². The zero-order chi connectivity index (χ0) is 18.6. The van der Waals surface area contributed by atoms with Gasteiger partial charge >= 0.3 is 12.1 Å². The summed E-state index contributed by atoms with van der Waals surface area (Å²) in [5.74, 6) is -0.582. The van der Waals surface area contributed by atoms with Crippen LogP contribution in [0.5, 0.6) is 0 Å². The number of nitrogens with zero attached hydrogens (tertiary/aromatic N) is 2. The van der Waals surface area contributed by atoms with Gasteiger partial charge in [0.05, 0.1) is 24.2 Å². The molecule has 0 atom stereocenters. The maximum Gasteiger partial charge on any atom is 0.409 e. The van der Waals surface area contributed by atoms with Crippen molar-refractivity contribution in [3.63, 3.8) is 0 Å². The van der Waals surface area contributed by atoms with Crippen LogP contribution in [0, 0.1) is 6.92 Å². The molecule has 0 radical (unpaired) electrons. The monoisotopic (exact) mass is 370 g/mol. The standard InChI is InChI=1S/C16H22N2O6S/c1-4-24-16(20)17-7-9-18(10-8-17)25(21,22)13-6-5-12(2)14(11-13)15(19)23-3/h5-6,11H,4,7-10H2,1-3H3. The van der Waals surface area contributed by atoms with Gasteiger partial charge in [-0.1, -0.05) is 6.07 Å². The summed E-state index contributed by atoms with van der Waals surface area (Å²) >= 11 is 0. The summed E-state index contributed by atoms with van der Waals surface area (Å²) < 4.78 is 36.5. The summed E-state index contributed by atoms with van der Waals surface area (Å²) in [4.78, 5) is 25.0. The molecule has 1 aliphatic heterocycles. The first kappa shape index (κ1) is 19.2. The SMILES string of the molecule is CCOC(=O)N1CCN(S(=O)(=O)c2ccc(C)c(C(=O)OC)c2)CC1. The van der Waals surface area contributed by atoms with E-state index in [1.807, 2.05) is 0 Å². The summed E-state index contributed by atoms with van der Waals surface area (Å²) in [5, 5.41) is 0. The van der Waals surface area contributed by atoms with Crippen molar-refractivity contribution >= 4 is 22.1 Å². The van der Waals surface area contributed by atoms with E-state index in [-0.39, 0.29) is 43.2 Å². The van der Waals surface area contributed by atoms with Crippen LogP contribution in [-0.2, 0) is 19.5 Å². The molecule has 0 N–H and O–H groups in total. The van der Waals surface area contributed by atoms with E-state index < -0.39 is 22.1 Å². The highest BCUT2D eigenvalue weighted by atomic mass is 32.2. The zero-order valence-corrected chi connectivity index (χ0v) is 15.3. The second-order valence-corrected chi connectivity index (χ2v) is 7.50. The molecule has 1 aromatic rings. The van der Waals surface area contributed by atoms with Crippen molar-refractivity contribution in [1.29, 1.82) is 0 Å². The quantitative estimate of drug-likeness (QED) is 0.741. The zero-order valence-electron chi connectivity index (χ0n) is 14.5. The van der Waals surface area contributed by atoms with Crippen molar-refractivity contribution in [2.24, 2.45) is 0 Å². The van der Waals surface area contributed by atoms with Crippen molar-refractivity contribution in [2.75, 3.05) is 39.9 Å². The highest BCUT2D eigenvalue weighted by molar-refractivity contribution is 7.89. The lowest BCUT2D eigenvalue weighted by Gasteiger charge is -2.33. The molecular formula is C16H22N2O6S. The Morgan fingerprint density at radius 3 is 2.36 bits per heavy atom. The fraction of sp³-hybridized carbons (Fsp3) is 0.500. The Morgan fingerprint density at radius 2 is 1.80 bits per heavy atom. The number of rotatable bonds is 4. The molecule has 0 bridgehead atoms. The van der Waals surface area contributed by atoms with Gasteiger partial charge in [0.1, 0.15) is 0 Å². The third-order valence-corrected chi connectivity index (χ3v) is 5.91. The smallest absolute Gasteiger partial charge is 0.409 e. The van der Waals surface area contributed by atoms with Crippen molar-refractivity contribution in [3.8, 4) is 0 Å². The third kappa shape index (κ3) is 4.10. The van der Waals surface area contributed by atoms with Crippen molar-refractivity contribution in [2.45, 2.75) is 18.7 Å². The topological polar surface area (TPSA) is 93.2 Å². The summed E-state index contributed by atoms with van der Waals surface area (Å²) in [6.07, 6.45) is -0.442. The van der Waals surface area contributed by atoms with Crippen LogP contribution in [0.3, 0.4) is 0 Å². The van der Waals surface area contributed by atoms with Gasteiger partial charge in [-0.15, -0.1) is 0 Å². The van der Waals surface area contributed by atoms with Gasteiger partial charge in [-0.05, 0) is 31.5 Å². The molecule has 0 aromatic heterocycles. The van der Waals surface area contributed by atoms with E-state index in [4.69, 9.17) is 4.74 Å². The van der Waals surface area contributed by atoms with Gasteiger partial charge < -0.3 is 14.4 Å². The van der Waals surface area contributed by atoms with Crippen LogP contribution >= 0.6 is 0 Å². The number of piperazine rings is 1. The summed E-state index contributed by atoms with van der Waals surface area (Å²) in [6, 6.07) is 4.37. The number of sulfonamides is 1. The van der Waals surface area contributed by atoms with E-state index in [0.717, 1.165) is 0 Å². The Labute approximate surface area is 147 Å². The number of amides is 1. The Balaban J connectivity index is 2.18. The molecule has 0 aliphatic carbocycles. The van der Waals surface area contributed by atoms with Gasteiger partial charge in [0.25, 0.3) is 0 Å². The first-order valence-electron chi connectivity index (χ1n) is 7.92. The molecule has 1 heterocycles. The number of methoxy groups -OCH3 is 1. The van der Waals surface area contributed by atoms with Crippen molar-refractivity contribution < 1.29 is 27.5 Å². The lowest BCUT2D eigenvalue weighted by atomic mass is 10.1. The van der Waals surface area contributed by atoms with Gasteiger partial charge in [-0.25, -0.2) is 18.0 Å². The van der Waals surface area contributed by atoms with E-state index in [0.29, 0.717) is 5.56 Å². The second-order valence-electron chi connectivity index (χ2n) is 5.56. The molecular weight excluding hydrogens is 348 g/mol. The fourth-order valence-corrected chi connectivity index (χ4v) is 4.02. The Kier molecular flexibility index (Phi) is 6.02. The average Bonchev–Trinajstić information content (AvgIpc) is 2.61. The van der Waals surface area contributed by atoms with E-state index in [1.54, 1.807) is 19.9 Å². The molecule has 0 spiro atoms. The van der Waals surface area contributed by atoms with Crippen LogP contribution in [0.25, 0.3) is 0 Å². The molecule has 1 saturated heterocycles. The number of hydrogen-bond donors (Lipinski definition) is 0. The molecule has 2 rings (SSSR count). The molecule has 9 heteroatoms. The van der Waals surface area contributed by atoms with Crippen molar-refractivity contribution in [3.05, 3.63) is 29.3 Å². The first-order valence-corrected chi connectivity index (χ1v) is 9.36. The summed E-state index contributed by atoms with van der Waals surface area (Å²) in [7, 11) is -2.51. The Hall–Kier alpha value is -2.13. The van der Waals surface area contributed by atoms with E-state index in [1.165, 1.54) is 28.4 Å². The van der Waals surface area contributed by atoms with Crippen LogP contribution in [0.2, 0.25) is 0 Å². The minimum Gasteiger partial charge on any atom is -0.465 e. The Morgan fingerprint density at radius 1 is 1.16 bits per heavy atom. The molecule has 8 nitrogen and oxygen atoms in total. The number of aryl methyl sites for hydroxylation is 1. The summed E-state index contributed by atoms with van der Waals surface area (Å²) in [5.41, 5.74) is 0.853. The molecule has 1 amide bonds. The fourth-order valence-electron chi connectivity index (χ4n) is 2.57. The maximum absolute atomic E-state index is 12.8. The average molecular weight is 370 g/mol. The van der Waals surface area contributed by atoms with Gasteiger partial charge in [0, 0.05) is 26.2 Å². The molecule has 1 aromatic carbocycles. The number of benzene rings is 1.